The average Bonchev–Trinajstić information content (AvgIpc) is 2.44. The SMILES string of the molecule is Cn1cnc2c1c(=O)[nH]c(=O)n2C.[H-].[Na+]. The molecule has 0 bridgehead atoms. The van der Waals surface area contributed by atoms with E-state index in [1.807, 2.05) is 0 Å². The summed E-state index contributed by atoms with van der Waals surface area (Å²) in [4.78, 5) is 28.6. The minimum atomic E-state index is -0.448. The maximum Gasteiger partial charge on any atom is 1.00 e. The van der Waals surface area contributed by atoms with Crippen LogP contribution in [0.15, 0.2) is 15.9 Å². The number of nitrogens with one attached hydrogen (secondary N) is 1. The molecule has 0 aromatic carbocycles. The molecule has 0 saturated heterocycles. The van der Waals surface area contributed by atoms with Gasteiger partial charge in [0, 0.05) is 14.1 Å². The molecule has 0 atom stereocenters. The Morgan fingerprint density at radius 1 is 1.43 bits per heavy atom. The molecule has 0 amide bonds. The quantitative estimate of drug-likeness (QED) is 0.445. The predicted octanol–water partition coefficient (Wildman–Crippen LogP) is -3.92. The van der Waals surface area contributed by atoms with E-state index in [1.165, 1.54) is 10.9 Å². The van der Waals surface area contributed by atoms with Crippen LogP contribution >= 0.6 is 0 Å². The van der Waals surface area contributed by atoms with Crippen molar-refractivity contribution in [3.63, 3.8) is 0 Å². The second kappa shape index (κ2) is 3.72. The van der Waals surface area contributed by atoms with Crippen LogP contribution < -0.4 is 40.8 Å². The number of aromatic amines is 1. The van der Waals surface area contributed by atoms with Crippen LogP contribution in [0.4, 0.5) is 0 Å². The van der Waals surface area contributed by atoms with Crippen molar-refractivity contribution in [2.24, 2.45) is 14.1 Å². The van der Waals surface area contributed by atoms with E-state index in [0.29, 0.717) is 11.2 Å². The minimum Gasteiger partial charge on any atom is -1.00 e. The van der Waals surface area contributed by atoms with Gasteiger partial charge < -0.3 is 5.99 Å². The molecule has 1 N–H and O–H groups in total. The van der Waals surface area contributed by atoms with Gasteiger partial charge in [0.05, 0.1) is 6.33 Å². The molecule has 0 aliphatic rings. The van der Waals surface area contributed by atoms with Crippen molar-refractivity contribution in [3.05, 3.63) is 27.2 Å². The van der Waals surface area contributed by atoms with Crippen molar-refractivity contribution in [3.8, 4) is 0 Å². The van der Waals surface area contributed by atoms with Crippen LogP contribution in [0.3, 0.4) is 0 Å². The van der Waals surface area contributed by atoms with E-state index in [4.69, 9.17) is 0 Å². The summed E-state index contributed by atoms with van der Waals surface area (Å²) in [7, 11) is 3.27. The molecule has 14 heavy (non-hydrogen) atoms. The fourth-order valence-electron chi connectivity index (χ4n) is 1.26. The van der Waals surface area contributed by atoms with E-state index < -0.39 is 11.2 Å². The van der Waals surface area contributed by atoms with Crippen LogP contribution in [0, 0.1) is 0 Å². The van der Waals surface area contributed by atoms with Crippen molar-refractivity contribution in [1.82, 2.24) is 19.1 Å². The van der Waals surface area contributed by atoms with Crippen LogP contribution in [0.2, 0.25) is 0 Å². The third-order valence-electron chi connectivity index (χ3n) is 1.98. The number of aryl methyl sites for hydroxylation is 2. The molecule has 0 saturated carbocycles. The molecular formula is C7H9N4NaO2. The molecule has 0 radical (unpaired) electrons. The number of aromatic nitrogens is 4. The number of H-pyrrole nitrogens is 1. The van der Waals surface area contributed by atoms with Crippen LogP contribution in [0.1, 0.15) is 1.43 Å². The van der Waals surface area contributed by atoms with Crippen molar-refractivity contribution in [2.45, 2.75) is 0 Å². The first-order chi connectivity index (χ1) is 6.11. The van der Waals surface area contributed by atoms with Gasteiger partial charge in [-0.15, -0.1) is 0 Å². The van der Waals surface area contributed by atoms with Gasteiger partial charge in [-0.25, -0.2) is 9.78 Å². The maximum absolute atomic E-state index is 11.3. The van der Waals surface area contributed by atoms with Crippen molar-refractivity contribution in [1.29, 1.82) is 0 Å². The van der Waals surface area contributed by atoms with E-state index >= 15 is 0 Å². The Morgan fingerprint density at radius 2 is 2.07 bits per heavy atom. The molecule has 0 aliphatic heterocycles. The number of rotatable bonds is 0. The van der Waals surface area contributed by atoms with Gasteiger partial charge in [-0.05, 0) is 0 Å². The third kappa shape index (κ3) is 1.45. The molecule has 2 heterocycles. The molecule has 0 unspecified atom stereocenters. The molecule has 7 heteroatoms. The normalized spacial score (nSPS) is 10.1. The number of nitrogens with zero attached hydrogens (tertiary/aromatic N) is 3. The van der Waals surface area contributed by atoms with Crippen molar-refractivity contribution < 1.29 is 31.0 Å². The molecule has 2 aromatic heterocycles. The monoisotopic (exact) mass is 204 g/mol. The second-order valence-electron chi connectivity index (χ2n) is 2.85. The van der Waals surface area contributed by atoms with Gasteiger partial charge in [-0.3, -0.25) is 14.3 Å². The number of hydrogen-bond acceptors (Lipinski definition) is 3. The van der Waals surface area contributed by atoms with Gasteiger partial charge in [-0.1, -0.05) is 0 Å². The largest absolute Gasteiger partial charge is 1.00 e. The Morgan fingerprint density at radius 3 is 2.71 bits per heavy atom. The zero-order chi connectivity index (χ0) is 9.59. The molecule has 2 rings (SSSR count). The number of hydrogen-bond donors (Lipinski definition) is 1. The van der Waals surface area contributed by atoms with Gasteiger partial charge in [0.15, 0.2) is 11.2 Å². The summed E-state index contributed by atoms with van der Waals surface area (Å²) in [6.45, 7) is 0. The summed E-state index contributed by atoms with van der Waals surface area (Å²) < 4.78 is 2.88. The Bertz CT molecular complexity index is 585. The summed E-state index contributed by atoms with van der Waals surface area (Å²) >= 11 is 0. The predicted molar refractivity (Wildman–Crippen MR) is 47.7 cm³/mol. The molecule has 2 aromatic rings. The first-order valence-corrected chi connectivity index (χ1v) is 3.71. The summed E-state index contributed by atoms with van der Waals surface area (Å²) in [6, 6.07) is 0. The number of imidazole rings is 1. The van der Waals surface area contributed by atoms with Crippen LogP contribution in [-0.4, -0.2) is 19.1 Å². The third-order valence-corrected chi connectivity index (χ3v) is 1.98. The summed E-state index contributed by atoms with van der Waals surface area (Å²) in [5.74, 6) is 0. The van der Waals surface area contributed by atoms with Crippen LogP contribution in [-0.2, 0) is 14.1 Å². The molecule has 0 aliphatic carbocycles. The molecule has 6 nitrogen and oxygen atoms in total. The molecule has 70 valence electrons. The van der Waals surface area contributed by atoms with Crippen LogP contribution in [0.5, 0.6) is 0 Å². The molecule has 0 spiro atoms. The first-order valence-electron chi connectivity index (χ1n) is 3.71. The van der Waals surface area contributed by atoms with Gasteiger partial charge in [0.2, 0.25) is 0 Å². The van der Waals surface area contributed by atoms with Crippen molar-refractivity contribution >= 4 is 11.2 Å². The van der Waals surface area contributed by atoms with E-state index in [2.05, 4.69) is 9.97 Å². The smallest absolute Gasteiger partial charge is 1.00 e. The standard InChI is InChI=1S/C7H8N4O2.Na.H/c1-10-3-8-5-4(10)6(12)9-7(13)11(5)2;;/h3H,1-2H3,(H,9,12,13);;/q;+1;-1. The summed E-state index contributed by atoms with van der Waals surface area (Å²) in [5, 5.41) is 0. The van der Waals surface area contributed by atoms with E-state index in [9.17, 15) is 9.59 Å². The fraction of sp³-hybridized carbons (Fsp3) is 0.286. The Hall–Kier alpha value is -0.850. The van der Waals surface area contributed by atoms with E-state index in [0.717, 1.165) is 0 Å². The zero-order valence-corrected chi connectivity index (χ0v) is 10.2. The zero-order valence-electron chi connectivity index (χ0n) is 9.24. The van der Waals surface area contributed by atoms with E-state index in [1.54, 1.807) is 18.7 Å². The van der Waals surface area contributed by atoms with Gasteiger partial charge >= 0.3 is 35.2 Å². The first kappa shape index (κ1) is 11.2. The molecular weight excluding hydrogens is 195 g/mol. The number of fused-ring (bicyclic) bond motifs is 1. The Balaban J connectivity index is 0.000000980. The minimum absolute atomic E-state index is 0. The van der Waals surface area contributed by atoms with Crippen molar-refractivity contribution in [2.75, 3.05) is 0 Å². The van der Waals surface area contributed by atoms with Gasteiger partial charge in [-0.2, -0.15) is 0 Å². The van der Waals surface area contributed by atoms with Gasteiger partial charge in [0.25, 0.3) is 5.56 Å². The molecule has 0 fully saturated rings. The Labute approximate surface area is 102 Å². The van der Waals surface area contributed by atoms with Crippen LogP contribution in [0.25, 0.3) is 11.2 Å². The fourth-order valence-corrected chi connectivity index (χ4v) is 1.26. The van der Waals surface area contributed by atoms with Gasteiger partial charge in [0.1, 0.15) is 0 Å². The summed E-state index contributed by atoms with van der Waals surface area (Å²) in [5.41, 5.74) is -0.0485. The second-order valence-corrected chi connectivity index (χ2v) is 2.85. The average molecular weight is 204 g/mol. The maximum atomic E-state index is 11.3. The van der Waals surface area contributed by atoms with E-state index in [-0.39, 0.29) is 31.0 Å². The topological polar surface area (TPSA) is 72.7 Å². The summed E-state index contributed by atoms with van der Waals surface area (Å²) in [6.07, 6.45) is 1.50. The Kier molecular flexibility index (Phi) is 2.98.